The molecule has 25 heavy (non-hydrogen) atoms. The monoisotopic (exact) mass is 357 g/mol. The number of aromatic nitrogens is 3. The standard InChI is InChI=1S/C18H23N5OS/c1-3-14(17(24)20-10-9-12-11-25-18(19)21-12)23-15-8-6-5-7-13(15)22-16(23)4-2/h5-8,11,14H,3-4,9-10H2,1-2H3,(H2,19,21)(H,20,24)/t14-/m0/s1. The highest BCUT2D eigenvalue weighted by Crippen LogP contribution is 2.24. The number of nitrogens with one attached hydrogen (secondary N) is 1. The van der Waals surface area contributed by atoms with Crippen LogP contribution in [0.4, 0.5) is 5.13 Å². The fraction of sp³-hybridized carbons (Fsp3) is 0.389. The van der Waals surface area contributed by atoms with Crippen LogP contribution in [0.2, 0.25) is 0 Å². The van der Waals surface area contributed by atoms with Crippen molar-refractivity contribution in [2.24, 2.45) is 0 Å². The van der Waals surface area contributed by atoms with E-state index in [1.54, 1.807) is 0 Å². The van der Waals surface area contributed by atoms with Crippen LogP contribution in [0, 0.1) is 0 Å². The molecule has 1 amide bonds. The summed E-state index contributed by atoms with van der Waals surface area (Å²) >= 11 is 1.42. The highest BCUT2D eigenvalue weighted by molar-refractivity contribution is 7.13. The molecule has 2 heterocycles. The van der Waals surface area contributed by atoms with Gasteiger partial charge in [0.25, 0.3) is 0 Å². The molecule has 0 bridgehead atoms. The van der Waals surface area contributed by atoms with Crippen molar-refractivity contribution in [3.05, 3.63) is 41.2 Å². The van der Waals surface area contributed by atoms with Crippen LogP contribution >= 0.6 is 11.3 Å². The van der Waals surface area contributed by atoms with Gasteiger partial charge in [-0.1, -0.05) is 26.0 Å². The first-order valence-electron chi connectivity index (χ1n) is 8.57. The number of imidazole rings is 1. The summed E-state index contributed by atoms with van der Waals surface area (Å²) in [5, 5.41) is 5.52. The van der Waals surface area contributed by atoms with E-state index in [0.717, 1.165) is 29.0 Å². The van der Waals surface area contributed by atoms with Crippen molar-refractivity contribution in [1.82, 2.24) is 19.9 Å². The number of nitrogens with zero attached hydrogens (tertiary/aromatic N) is 3. The Hall–Kier alpha value is -2.41. The minimum Gasteiger partial charge on any atom is -0.375 e. The number of aryl methyl sites for hydroxylation is 1. The fourth-order valence-electron chi connectivity index (χ4n) is 3.05. The lowest BCUT2D eigenvalue weighted by Gasteiger charge is -2.19. The largest absolute Gasteiger partial charge is 0.375 e. The van der Waals surface area contributed by atoms with Crippen LogP contribution < -0.4 is 11.1 Å². The Morgan fingerprint density at radius 3 is 2.80 bits per heavy atom. The Bertz CT molecular complexity index is 869. The molecular formula is C18H23N5OS. The summed E-state index contributed by atoms with van der Waals surface area (Å²) in [7, 11) is 0. The fourth-order valence-corrected chi connectivity index (χ4v) is 3.64. The number of anilines is 1. The number of carbonyl (C=O) groups excluding carboxylic acids is 1. The van der Waals surface area contributed by atoms with Gasteiger partial charge in [-0.2, -0.15) is 0 Å². The third-order valence-corrected chi connectivity index (χ3v) is 4.96. The molecule has 0 aliphatic carbocycles. The quantitative estimate of drug-likeness (QED) is 0.681. The number of benzene rings is 1. The Kier molecular flexibility index (Phi) is 5.33. The molecule has 3 N–H and O–H groups in total. The zero-order valence-corrected chi connectivity index (χ0v) is 15.3. The summed E-state index contributed by atoms with van der Waals surface area (Å²) in [5.41, 5.74) is 8.50. The van der Waals surface area contributed by atoms with E-state index in [-0.39, 0.29) is 11.9 Å². The van der Waals surface area contributed by atoms with Gasteiger partial charge in [-0.05, 0) is 18.6 Å². The van der Waals surface area contributed by atoms with Gasteiger partial charge in [-0.15, -0.1) is 11.3 Å². The summed E-state index contributed by atoms with van der Waals surface area (Å²) in [4.78, 5) is 21.7. The molecule has 0 fully saturated rings. The number of fused-ring (bicyclic) bond motifs is 1. The molecular weight excluding hydrogens is 334 g/mol. The van der Waals surface area contributed by atoms with E-state index in [0.29, 0.717) is 24.5 Å². The smallest absolute Gasteiger partial charge is 0.243 e. The van der Waals surface area contributed by atoms with Gasteiger partial charge in [0, 0.05) is 24.8 Å². The predicted octanol–water partition coefficient (Wildman–Crippen LogP) is 2.95. The van der Waals surface area contributed by atoms with Crippen LogP contribution in [-0.2, 0) is 17.6 Å². The van der Waals surface area contributed by atoms with Crippen molar-refractivity contribution in [1.29, 1.82) is 0 Å². The number of hydrogen-bond acceptors (Lipinski definition) is 5. The van der Waals surface area contributed by atoms with E-state index in [1.165, 1.54) is 11.3 Å². The molecule has 0 saturated heterocycles. The van der Waals surface area contributed by atoms with Gasteiger partial charge in [0.2, 0.25) is 5.91 Å². The van der Waals surface area contributed by atoms with Gasteiger partial charge in [-0.25, -0.2) is 9.97 Å². The van der Waals surface area contributed by atoms with Crippen LogP contribution in [-0.4, -0.2) is 27.0 Å². The molecule has 0 saturated carbocycles. The molecule has 7 heteroatoms. The van der Waals surface area contributed by atoms with Crippen molar-refractivity contribution in [2.45, 2.75) is 39.2 Å². The lowest BCUT2D eigenvalue weighted by Crippen LogP contribution is -2.34. The van der Waals surface area contributed by atoms with Gasteiger partial charge in [0.15, 0.2) is 5.13 Å². The summed E-state index contributed by atoms with van der Waals surface area (Å²) in [6.45, 7) is 4.64. The third-order valence-electron chi connectivity index (χ3n) is 4.24. The Balaban J connectivity index is 1.76. The molecule has 0 aliphatic rings. The average molecular weight is 357 g/mol. The SMILES string of the molecule is CCc1nc2ccccc2n1[C@@H](CC)C(=O)NCCc1csc(N)n1. The summed E-state index contributed by atoms with van der Waals surface area (Å²) < 4.78 is 2.07. The summed E-state index contributed by atoms with van der Waals surface area (Å²) in [5.74, 6) is 0.957. The third kappa shape index (κ3) is 3.66. The van der Waals surface area contributed by atoms with Gasteiger partial charge in [0.1, 0.15) is 11.9 Å². The number of hydrogen-bond donors (Lipinski definition) is 2. The van der Waals surface area contributed by atoms with Gasteiger partial charge < -0.3 is 15.6 Å². The van der Waals surface area contributed by atoms with Crippen LogP contribution in [0.15, 0.2) is 29.6 Å². The Morgan fingerprint density at radius 1 is 1.32 bits per heavy atom. The summed E-state index contributed by atoms with van der Waals surface area (Å²) in [6, 6.07) is 7.71. The molecule has 0 radical (unpaired) electrons. The van der Waals surface area contributed by atoms with E-state index in [4.69, 9.17) is 5.73 Å². The molecule has 6 nitrogen and oxygen atoms in total. The number of rotatable bonds is 7. The first-order chi connectivity index (χ1) is 12.1. The van der Waals surface area contributed by atoms with Crippen LogP contribution in [0.3, 0.4) is 0 Å². The normalized spacial score (nSPS) is 12.4. The Labute approximate surface area is 151 Å². The number of amides is 1. The number of nitrogens with two attached hydrogens (primary N) is 1. The van der Waals surface area contributed by atoms with Crippen LogP contribution in [0.1, 0.15) is 37.8 Å². The molecule has 1 atom stereocenters. The molecule has 3 aromatic rings. The number of nitrogen functional groups attached to an aromatic ring is 1. The lowest BCUT2D eigenvalue weighted by atomic mass is 10.1. The van der Waals surface area contributed by atoms with Crippen molar-refractivity contribution in [3.63, 3.8) is 0 Å². The van der Waals surface area contributed by atoms with Gasteiger partial charge >= 0.3 is 0 Å². The number of para-hydroxylation sites is 2. The Morgan fingerprint density at radius 2 is 2.12 bits per heavy atom. The zero-order chi connectivity index (χ0) is 17.8. The van der Waals surface area contributed by atoms with E-state index in [9.17, 15) is 4.79 Å². The first kappa shape index (κ1) is 17.4. The molecule has 0 spiro atoms. The van der Waals surface area contributed by atoms with E-state index >= 15 is 0 Å². The zero-order valence-electron chi connectivity index (χ0n) is 14.5. The molecule has 2 aromatic heterocycles. The second-order valence-electron chi connectivity index (χ2n) is 5.88. The molecule has 0 aliphatic heterocycles. The van der Waals surface area contributed by atoms with Crippen molar-refractivity contribution >= 4 is 33.4 Å². The predicted molar refractivity (Wildman–Crippen MR) is 102 cm³/mol. The second kappa shape index (κ2) is 7.65. The van der Waals surface area contributed by atoms with Gasteiger partial charge in [-0.3, -0.25) is 4.79 Å². The first-order valence-corrected chi connectivity index (χ1v) is 9.45. The van der Waals surface area contributed by atoms with Crippen LogP contribution in [0.5, 0.6) is 0 Å². The van der Waals surface area contributed by atoms with Crippen molar-refractivity contribution in [3.8, 4) is 0 Å². The maximum absolute atomic E-state index is 12.8. The number of thiazole rings is 1. The lowest BCUT2D eigenvalue weighted by molar-refractivity contribution is -0.124. The average Bonchev–Trinajstić information content (AvgIpc) is 3.19. The van der Waals surface area contributed by atoms with Crippen molar-refractivity contribution in [2.75, 3.05) is 12.3 Å². The highest BCUT2D eigenvalue weighted by Gasteiger charge is 2.23. The summed E-state index contributed by atoms with van der Waals surface area (Å²) in [6.07, 6.45) is 2.18. The second-order valence-corrected chi connectivity index (χ2v) is 6.77. The maximum Gasteiger partial charge on any atom is 0.243 e. The topological polar surface area (TPSA) is 85.8 Å². The minimum atomic E-state index is -0.261. The molecule has 0 unspecified atom stereocenters. The highest BCUT2D eigenvalue weighted by atomic mass is 32.1. The number of carbonyl (C=O) groups is 1. The van der Waals surface area contributed by atoms with E-state index in [2.05, 4.69) is 26.8 Å². The van der Waals surface area contributed by atoms with E-state index in [1.807, 2.05) is 36.6 Å². The van der Waals surface area contributed by atoms with E-state index < -0.39 is 0 Å². The minimum absolute atomic E-state index is 0.0172. The molecule has 3 rings (SSSR count). The van der Waals surface area contributed by atoms with Gasteiger partial charge in [0.05, 0.1) is 16.7 Å². The van der Waals surface area contributed by atoms with Crippen molar-refractivity contribution < 1.29 is 4.79 Å². The maximum atomic E-state index is 12.8. The molecule has 1 aromatic carbocycles. The van der Waals surface area contributed by atoms with Crippen LogP contribution in [0.25, 0.3) is 11.0 Å². The molecule has 132 valence electrons.